The number of fused-ring (bicyclic) bond motifs is 21. The van der Waals surface area contributed by atoms with Crippen LogP contribution in [0.5, 0.6) is 0 Å². The quantitative estimate of drug-likeness (QED) is 0.174. The van der Waals surface area contributed by atoms with Gasteiger partial charge in [-0.25, -0.2) is 0 Å². The van der Waals surface area contributed by atoms with Crippen LogP contribution in [-0.2, 0) is 11.8 Å². The number of hydrogen-bond donors (Lipinski definition) is 0. The molecule has 0 radical (unpaired) electrons. The third-order valence-electron chi connectivity index (χ3n) is 15.6. The number of nitrogens with zero attached hydrogens (tertiary/aromatic N) is 2. The van der Waals surface area contributed by atoms with Crippen molar-refractivity contribution in [3.05, 3.63) is 288 Å². The minimum absolute atomic E-state index is 0.592. The molecular formula is C68H44N2. The van der Waals surface area contributed by atoms with E-state index in [1.54, 1.807) is 0 Å². The van der Waals surface area contributed by atoms with Crippen LogP contribution in [0.3, 0.4) is 0 Å². The number of anilines is 6. The van der Waals surface area contributed by atoms with Crippen LogP contribution in [0.2, 0.25) is 0 Å². The normalized spacial score (nSPS) is 14.8. The zero-order valence-corrected chi connectivity index (χ0v) is 38.4. The molecule has 11 aromatic carbocycles. The van der Waals surface area contributed by atoms with E-state index in [-0.39, 0.29) is 0 Å². The van der Waals surface area contributed by atoms with Gasteiger partial charge in [-0.3, -0.25) is 0 Å². The van der Waals surface area contributed by atoms with Crippen molar-refractivity contribution >= 4 is 34.1 Å². The first-order chi connectivity index (χ1) is 34.8. The van der Waals surface area contributed by atoms with Crippen LogP contribution in [0, 0.1) is 0 Å². The fourth-order valence-corrected chi connectivity index (χ4v) is 12.9. The highest BCUT2D eigenvalue weighted by atomic mass is 15.2. The molecule has 3 aliphatic carbocycles. The van der Waals surface area contributed by atoms with E-state index in [0.717, 1.165) is 40.5 Å². The maximum Gasteiger partial charge on any atom is 0.0725 e. The van der Waals surface area contributed by atoms with Crippen molar-refractivity contribution in [3.8, 4) is 66.8 Å². The van der Waals surface area contributed by atoms with E-state index in [1.165, 1.54) is 100 Å². The number of hydrogen-bond acceptors (Lipinski definition) is 2. The summed E-state index contributed by atoms with van der Waals surface area (Å²) in [4.78, 5) is 4.88. The molecule has 0 saturated heterocycles. The first-order valence-electron chi connectivity index (χ1n) is 24.5. The average molecular weight is 889 g/mol. The molecule has 2 heteroatoms. The predicted octanol–water partition coefficient (Wildman–Crippen LogP) is 17.9. The van der Waals surface area contributed by atoms with Gasteiger partial charge in [-0.15, -0.1) is 0 Å². The Labute approximate surface area is 408 Å². The molecule has 326 valence electrons. The lowest BCUT2D eigenvalue weighted by Gasteiger charge is -2.36. The Balaban J connectivity index is 0.995. The molecule has 11 aromatic rings. The van der Waals surface area contributed by atoms with Gasteiger partial charge in [0, 0.05) is 33.9 Å². The molecule has 1 unspecified atom stereocenters. The van der Waals surface area contributed by atoms with E-state index < -0.39 is 5.41 Å². The number of rotatable bonds is 4. The molecule has 1 aliphatic heterocycles. The summed E-state index contributed by atoms with van der Waals surface area (Å²) in [7, 11) is 0. The minimum atomic E-state index is -0.592. The summed E-state index contributed by atoms with van der Waals surface area (Å²) >= 11 is 0. The molecule has 1 spiro atoms. The first kappa shape index (κ1) is 39.1. The maximum absolute atomic E-state index is 2.49. The van der Waals surface area contributed by atoms with Gasteiger partial charge in [0.1, 0.15) is 0 Å². The second kappa shape index (κ2) is 15.0. The second-order valence-electron chi connectivity index (χ2n) is 19.1. The molecule has 0 saturated carbocycles. The Hall–Kier alpha value is -8.98. The van der Waals surface area contributed by atoms with Gasteiger partial charge in [-0.05, 0) is 156 Å². The highest BCUT2D eigenvalue weighted by molar-refractivity contribution is 6.05. The molecule has 70 heavy (non-hydrogen) atoms. The fourth-order valence-electron chi connectivity index (χ4n) is 12.9. The van der Waals surface area contributed by atoms with E-state index >= 15 is 0 Å². The lowest BCUT2D eigenvalue weighted by Crippen LogP contribution is -2.29. The topological polar surface area (TPSA) is 6.48 Å². The Kier molecular flexibility index (Phi) is 8.38. The van der Waals surface area contributed by atoms with Crippen LogP contribution in [0.4, 0.5) is 34.1 Å². The van der Waals surface area contributed by atoms with Gasteiger partial charge >= 0.3 is 0 Å². The van der Waals surface area contributed by atoms with Crippen LogP contribution in [0.15, 0.2) is 255 Å². The second-order valence-corrected chi connectivity index (χ2v) is 19.1. The molecular weight excluding hydrogens is 845 g/mol. The highest BCUT2D eigenvalue weighted by Crippen LogP contribution is 2.64. The summed E-state index contributed by atoms with van der Waals surface area (Å²) in [5.41, 5.74) is 29.5. The van der Waals surface area contributed by atoms with Crippen molar-refractivity contribution in [2.24, 2.45) is 0 Å². The van der Waals surface area contributed by atoms with Crippen LogP contribution >= 0.6 is 0 Å². The Morgan fingerprint density at radius 1 is 0.286 bits per heavy atom. The van der Waals surface area contributed by atoms with Crippen LogP contribution in [-0.4, -0.2) is 0 Å². The SMILES string of the molecule is c1ccc(N(c2ccc3c(c2)-c2ccccc2N(c2ccccc2)c2ccccc2-3)c2ccc3c(c2)-c2ccccc2-c2ccccc2C32c3ccccc3-c3c2ccc2c3-c3ccccc3C2)cc1. The molecule has 0 bridgehead atoms. The summed E-state index contributed by atoms with van der Waals surface area (Å²) in [6.07, 6.45) is 0.956. The van der Waals surface area contributed by atoms with Gasteiger partial charge in [0.05, 0.1) is 16.8 Å². The van der Waals surface area contributed by atoms with Crippen LogP contribution in [0.25, 0.3) is 66.8 Å². The van der Waals surface area contributed by atoms with Crippen molar-refractivity contribution in [1.82, 2.24) is 0 Å². The fraction of sp³-hybridized carbons (Fsp3) is 0.0294. The number of para-hydroxylation sites is 4. The molecule has 15 rings (SSSR count). The highest BCUT2D eigenvalue weighted by Gasteiger charge is 2.51. The summed E-state index contributed by atoms with van der Waals surface area (Å²) in [5.74, 6) is 0. The van der Waals surface area contributed by atoms with Gasteiger partial charge in [0.25, 0.3) is 0 Å². The van der Waals surface area contributed by atoms with Gasteiger partial charge in [-0.1, -0.05) is 194 Å². The van der Waals surface area contributed by atoms with E-state index in [1.807, 2.05) is 0 Å². The Morgan fingerprint density at radius 3 is 1.50 bits per heavy atom. The van der Waals surface area contributed by atoms with E-state index in [2.05, 4.69) is 265 Å². The van der Waals surface area contributed by atoms with Gasteiger partial charge in [0.15, 0.2) is 0 Å². The third kappa shape index (κ3) is 5.39. The zero-order chi connectivity index (χ0) is 45.9. The maximum atomic E-state index is 2.49. The van der Waals surface area contributed by atoms with Gasteiger partial charge in [-0.2, -0.15) is 0 Å². The zero-order valence-electron chi connectivity index (χ0n) is 38.4. The first-order valence-corrected chi connectivity index (χ1v) is 24.5. The van der Waals surface area contributed by atoms with Crippen molar-refractivity contribution < 1.29 is 0 Å². The van der Waals surface area contributed by atoms with Crippen molar-refractivity contribution in [1.29, 1.82) is 0 Å². The molecule has 1 atom stereocenters. The lowest BCUT2D eigenvalue weighted by molar-refractivity contribution is 0.775. The Bertz CT molecular complexity index is 3940. The smallest absolute Gasteiger partial charge is 0.0725 e. The third-order valence-corrected chi connectivity index (χ3v) is 15.6. The monoisotopic (exact) mass is 888 g/mol. The molecule has 4 aliphatic rings. The summed E-state index contributed by atoms with van der Waals surface area (Å²) in [6, 6.07) is 95.4. The Morgan fingerprint density at radius 2 is 0.771 bits per heavy atom. The van der Waals surface area contributed by atoms with Crippen LogP contribution < -0.4 is 9.80 Å². The lowest BCUT2D eigenvalue weighted by atomic mass is 9.65. The summed E-state index contributed by atoms with van der Waals surface area (Å²) < 4.78 is 0. The van der Waals surface area contributed by atoms with Crippen molar-refractivity contribution in [2.45, 2.75) is 11.8 Å². The van der Waals surface area contributed by atoms with Crippen molar-refractivity contribution in [3.63, 3.8) is 0 Å². The average Bonchev–Trinajstić information content (AvgIpc) is 3.89. The van der Waals surface area contributed by atoms with E-state index in [9.17, 15) is 0 Å². The molecule has 0 aromatic heterocycles. The van der Waals surface area contributed by atoms with Gasteiger partial charge in [0.2, 0.25) is 0 Å². The predicted molar refractivity (Wildman–Crippen MR) is 290 cm³/mol. The molecule has 0 amide bonds. The molecule has 2 nitrogen and oxygen atoms in total. The van der Waals surface area contributed by atoms with Gasteiger partial charge < -0.3 is 9.80 Å². The summed E-state index contributed by atoms with van der Waals surface area (Å²) in [6.45, 7) is 0. The number of benzene rings is 11. The van der Waals surface area contributed by atoms with E-state index in [4.69, 9.17) is 0 Å². The largest absolute Gasteiger partial charge is 0.310 e. The van der Waals surface area contributed by atoms with E-state index in [0.29, 0.717) is 0 Å². The minimum Gasteiger partial charge on any atom is -0.310 e. The molecule has 0 N–H and O–H groups in total. The molecule has 1 heterocycles. The summed E-state index contributed by atoms with van der Waals surface area (Å²) in [5, 5.41) is 0. The van der Waals surface area contributed by atoms with Crippen molar-refractivity contribution in [2.75, 3.05) is 9.80 Å². The molecule has 0 fully saturated rings. The standard InChI is InChI=1S/C68H44N2/c1-3-20-46(21-4-1)69(48-36-38-53-55-28-13-17-33-64(55)70(47-22-5-2-6-23-47)65-34-18-14-29-56(65)58(53)42-48)49-37-40-62-59(43-49)52-26-10-9-25-51(52)54-27-11-15-31-60(54)68(62)61-32-16-12-30-57(61)67-63(68)39-35-45-41-44-19-7-8-24-50(44)66(45)67/h1-40,42-43H,41H2. The van der Waals surface area contributed by atoms with Crippen LogP contribution in [0.1, 0.15) is 33.4 Å².